The molecule has 8 nitrogen and oxygen atoms in total. The number of anilines is 1. The summed E-state index contributed by atoms with van der Waals surface area (Å²) in [7, 11) is 3.72. The molecule has 1 aliphatic rings. The Kier molecular flexibility index (Phi) is 6.58. The molecule has 35 heavy (non-hydrogen) atoms. The number of hydrogen-bond acceptors (Lipinski definition) is 5. The Morgan fingerprint density at radius 3 is 2.31 bits per heavy atom. The van der Waals surface area contributed by atoms with Gasteiger partial charge in [-0.05, 0) is 69.9 Å². The molecule has 0 saturated heterocycles. The van der Waals surface area contributed by atoms with Crippen molar-refractivity contribution in [2.75, 3.05) is 26.0 Å². The van der Waals surface area contributed by atoms with Crippen molar-refractivity contribution in [3.05, 3.63) is 82.5 Å². The van der Waals surface area contributed by atoms with Crippen molar-refractivity contribution in [1.29, 1.82) is 0 Å². The maximum atomic E-state index is 13.4. The van der Waals surface area contributed by atoms with E-state index in [0.717, 1.165) is 0 Å². The van der Waals surface area contributed by atoms with Gasteiger partial charge in [-0.3, -0.25) is 14.8 Å². The minimum atomic E-state index is -0.788. The van der Waals surface area contributed by atoms with Gasteiger partial charge >= 0.3 is 6.09 Å². The van der Waals surface area contributed by atoms with Crippen LogP contribution in [0.25, 0.3) is 0 Å². The summed E-state index contributed by atoms with van der Waals surface area (Å²) >= 11 is 0. The zero-order valence-electron chi connectivity index (χ0n) is 19.9. The minimum Gasteiger partial charge on any atom is -0.440 e. The second kappa shape index (κ2) is 9.46. The highest BCUT2D eigenvalue weighted by atomic mass is 19.1. The Morgan fingerprint density at radius 1 is 1.11 bits per heavy atom. The van der Waals surface area contributed by atoms with E-state index < -0.39 is 29.5 Å². The van der Waals surface area contributed by atoms with Crippen LogP contribution in [0.1, 0.15) is 47.1 Å². The number of halogens is 2. The molecule has 1 aliphatic heterocycles. The predicted octanol–water partition coefficient (Wildman–Crippen LogP) is 4.43. The van der Waals surface area contributed by atoms with Crippen molar-refractivity contribution in [3.63, 3.8) is 0 Å². The average Bonchev–Trinajstić information content (AvgIpc) is 3.32. The number of carbonyl (C=O) groups is 2. The normalized spacial score (nSPS) is 15.1. The van der Waals surface area contributed by atoms with Gasteiger partial charge in [0.05, 0.1) is 17.8 Å². The van der Waals surface area contributed by atoms with Gasteiger partial charge in [-0.25, -0.2) is 13.6 Å². The summed E-state index contributed by atoms with van der Waals surface area (Å²) in [6.07, 6.45) is -1.16. The lowest BCUT2D eigenvalue weighted by molar-refractivity contribution is 0.0258. The number of aromatic nitrogens is 2. The molecule has 0 radical (unpaired) electrons. The third-order valence-corrected chi connectivity index (χ3v) is 6.04. The van der Waals surface area contributed by atoms with Gasteiger partial charge in [0, 0.05) is 17.7 Å². The largest absolute Gasteiger partial charge is 0.440 e. The number of fused-ring (bicyclic) bond motifs is 1. The molecule has 3 aromatic rings. The van der Waals surface area contributed by atoms with Crippen LogP contribution in [0.2, 0.25) is 0 Å². The molecule has 0 bridgehead atoms. The number of carbonyl (C=O) groups excluding carboxylic acids is 2. The summed E-state index contributed by atoms with van der Waals surface area (Å²) in [5, 5.41) is 9.87. The first kappa shape index (κ1) is 24.3. The van der Waals surface area contributed by atoms with E-state index in [9.17, 15) is 18.4 Å². The van der Waals surface area contributed by atoms with Crippen molar-refractivity contribution < 1.29 is 23.1 Å². The molecule has 0 spiro atoms. The quantitative estimate of drug-likeness (QED) is 0.541. The third-order valence-electron chi connectivity index (χ3n) is 6.04. The van der Waals surface area contributed by atoms with Gasteiger partial charge in [-0.1, -0.05) is 12.1 Å². The number of benzene rings is 2. The number of nitrogens with zero attached hydrogens (tertiary/aromatic N) is 3. The second-order valence-electron chi connectivity index (χ2n) is 9.22. The number of H-pyrrole nitrogens is 1. The zero-order chi connectivity index (χ0) is 25.3. The molecule has 2 N–H and O–H groups in total. The molecule has 2 heterocycles. The van der Waals surface area contributed by atoms with Crippen LogP contribution in [0.4, 0.5) is 19.4 Å². The highest BCUT2D eigenvalue weighted by Crippen LogP contribution is 2.41. The van der Waals surface area contributed by atoms with Gasteiger partial charge < -0.3 is 15.0 Å². The molecule has 0 saturated carbocycles. The smallest absolute Gasteiger partial charge is 0.411 e. The Hall–Kier alpha value is -3.79. The van der Waals surface area contributed by atoms with Gasteiger partial charge in [0.15, 0.2) is 5.82 Å². The van der Waals surface area contributed by atoms with Gasteiger partial charge in [0.25, 0.3) is 5.91 Å². The van der Waals surface area contributed by atoms with Crippen LogP contribution < -0.4 is 5.32 Å². The lowest BCUT2D eigenvalue weighted by Crippen LogP contribution is -2.42. The van der Waals surface area contributed by atoms with Crippen molar-refractivity contribution in [1.82, 2.24) is 20.0 Å². The van der Waals surface area contributed by atoms with Crippen molar-refractivity contribution >= 4 is 17.8 Å². The highest BCUT2D eigenvalue weighted by molar-refractivity contribution is 6.04. The first-order valence-electron chi connectivity index (χ1n) is 11.1. The van der Waals surface area contributed by atoms with Gasteiger partial charge in [0.2, 0.25) is 0 Å². The van der Waals surface area contributed by atoms with E-state index in [2.05, 4.69) is 15.5 Å². The van der Waals surface area contributed by atoms with Crippen LogP contribution in [0.15, 0.2) is 48.5 Å². The Bertz CT molecular complexity index is 1220. The molecule has 1 aromatic heterocycles. The van der Waals surface area contributed by atoms with E-state index in [0.29, 0.717) is 29.2 Å². The first-order chi connectivity index (χ1) is 16.6. The van der Waals surface area contributed by atoms with Crippen LogP contribution in [0.5, 0.6) is 0 Å². The maximum Gasteiger partial charge on any atom is 0.411 e. The molecule has 4 rings (SSSR count). The summed E-state index contributed by atoms with van der Waals surface area (Å²) in [6, 6.07) is 11.0. The molecular formula is C25H27F2N5O3. The molecular weight excluding hydrogens is 456 g/mol. The Labute approximate surface area is 201 Å². The summed E-state index contributed by atoms with van der Waals surface area (Å²) in [5.41, 5.74) is 1.51. The van der Waals surface area contributed by atoms with E-state index in [1.165, 1.54) is 36.4 Å². The molecule has 1 atom stereocenters. The van der Waals surface area contributed by atoms with Crippen molar-refractivity contribution in [2.24, 2.45) is 0 Å². The van der Waals surface area contributed by atoms with Crippen LogP contribution in [-0.2, 0) is 16.8 Å². The first-order valence-corrected chi connectivity index (χ1v) is 11.1. The summed E-state index contributed by atoms with van der Waals surface area (Å²) < 4.78 is 32.5. The number of ether oxygens (including phenoxy) is 1. The number of aromatic amines is 1. The van der Waals surface area contributed by atoms with Crippen molar-refractivity contribution in [3.8, 4) is 0 Å². The monoisotopic (exact) mass is 483 g/mol. The lowest BCUT2D eigenvalue weighted by Gasteiger charge is -2.33. The fourth-order valence-electron chi connectivity index (χ4n) is 4.10. The van der Waals surface area contributed by atoms with E-state index >= 15 is 0 Å². The number of hydrogen-bond donors (Lipinski definition) is 2. The number of likely N-dealkylation sites (N-methyl/N-ethyl adjacent to an activating group) is 1. The van der Waals surface area contributed by atoms with Gasteiger partial charge in [-0.2, -0.15) is 5.10 Å². The molecule has 2 amide bonds. The average molecular weight is 484 g/mol. The van der Waals surface area contributed by atoms with Crippen LogP contribution >= 0.6 is 0 Å². The molecule has 0 fully saturated rings. The number of rotatable bonds is 6. The number of nitrogens with one attached hydrogen (secondary N) is 2. The Balaban J connectivity index is 1.52. The summed E-state index contributed by atoms with van der Waals surface area (Å²) in [6.45, 7) is 4.28. The fourth-order valence-corrected chi connectivity index (χ4v) is 4.10. The standard InChI is InChI=1S/C25H27F2N5O3/c1-25(2)21-19(22(30-29-21)28-23(33)16-7-11-18(27)12-8-16)13-32(25)24(34)35-20(14-31(3)4)15-5-9-17(26)10-6-15/h5-12,20H,13-14H2,1-4H3,(H2,28,29,30,33). The molecule has 184 valence electrons. The van der Waals surface area contributed by atoms with E-state index in [-0.39, 0.29) is 17.9 Å². The minimum absolute atomic E-state index is 0.162. The van der Waals surface area contributed by atoms with Crippen LogP contribution in [0.3, 0.4) is 0 Å². The van der Waals surface area contributed by atoms with E-state index in [1.807, 2.05) is 32.8 Å². The van der Waals surface area contributed by atoms with E-state index in [1.54, 1.807) is 17.0 Å². The van der Waals surface area contributed by atoms with Gasteiger partial charge in [0.1, 0.15) is 17.7 Å². The van der Waals surface area contributed by atoms with E-state index in [4.69, 9.17) is 4.74 Å². The fraction of sp³-hybridized carbons (Fsp3) is 0.320. The SMILES string of the molecule is CN(C)CC(OC(=O)N1Cc2c(NC(=O)c3ccc(F)cc3)n[nH]c2C1(C)C)c1ccc(F)cc1. The van der Waals surface area contributed by atoms with Crippen LogP contribution in [0, 0.1) is 11.6 Å². The van der Waals surface area contributed by atoms with Crippen LogP contribution in [-0.4, -0.2) is 52.6 Å². The number of amides is 2. The van der Waals surface area contributed by atoms with Gasteiger partial charge in [-0.15, -0.1) is 0 Å². The molecule has 10 heteroatoms. The van der Waals surface area contributed by atoms with Crippen molar-refractivity contribution in [2.45, 2.75) is 32.0 Å². The highest BCUT2D eigenvalue weighted by Gasteiger charge is 2.45. The maximum absolute atomic E-state index is 13.4. The topological polar surface area (TPSA) is 90.6 Å². The Morgan fingerprint density at radius 2 is 1.71 bits per heavy atom. The molecule has 2 aromatic carbocycles. The predicted molar refractivity (Wildman–Crippen MR) is 126 cm³/mol. The summed E-state index contributed by atoms with van der Waals surface area (Å²) in [4.78, 5) is 29.3. The molecule has 1 unspecified atom stereocenters. The lowest BCUT2D eigenvalue weighted by atomic mass is 10.0. The summed E-state index contributed by atoms with van der Waals surface area (Å²) in [5.74, 6) is -0.960. The second-order valence-corrected chi connectivity index (χ2v) is 9.22. The molecule has 0 aliphatic carbocycles. The zero-order valence-corrected chi connectivity index (χ0v) is 19.9. The third kappa shape index (κ3) is 5.02.